The van der Waals surface area contributed by atoms with Crippen LogP contribution in [-0.4, -0.2) is 26.5 Å². The number of rotatable bonds is 5. The van der Waals surface area contributed by atoms with E-state index < -0.39 is 17.8 Å². The van der Waals surface area contributed by atoms with Gasteiger partial charge in [-0.2, -0.15) is 18.3 Å². The molecule has 0 radical (unpaired) electrons. The Kier molecular flexibility index (Phi) is 6.29. The number of hydrogen-bond donors (Lipinski definition) is 2. The molecule has 0 fully saturated rings. The fourth-order valence-electron chi connectivity index (χ4n) is 2.57. The van der Waals surface area contributed by atoms with Crippen molar-refractivity contribution in [3.63, 3.8) is 0 Å². The van der Waals surface area contributed by atoms with E-state index in [2.05, 4.69) is 27.0 Å². The predicted octanol–water partition coefficient (Wildman–Crippen LogP) is 3.58. The van der Waals surface area contributed by atoms with Crippen molar-refractivity contribution in [2.75, 3.05) is 0 Å². The molecule has 1 amide bonds. The van der Waals surface area contributed by atoms with Crippen LogP contribution in [0.4, 0.5) is 13.2 Å². The van der Waals surface area contributed by atoms with Gasteiger partial charge in [-0.15, -0.1) is 0 Å². The van der Waals surface area contributed by atoms with Crippen molar-refractivity contribution in [1.29, 1.82) is 0 Å². The van der Waals surface area contributed by atoms with E-state index in [4.69, 9.17) is 5.73 Å². The maximum absolute atomic E-state index is 13.6. The third-order valence-electron chi connectivity index (χ3n) is 3.99. The second-order valence-electron chi connectivity index (χ2n) is 6.16. The quantitative estimate of drug-likeness (QED) is 0.481. The summed E-state index contributed by atoms with van der Waals surface area (Å²) >= 11 is 0. The topological polar surface area (TPSA) is 98.2 Å². The zero-order valence-corrected chi connectivity index (χ0v) is 16.0. The highest BCUT2D eigenvalue weighted by Gasteiger charge is 2.37. The van der Waals surface area contributed by atoms with Gasteiger partial charge in [0.1, 0.15) is 5.82 Å². The van der Waals surface area contributed by atoms with Crippen LogP contribution in [0, 0.1) is 0 Å². The van der Waals surface area contributed by atoms with Crippen LogP contribution in [0.15, 0.2) is 90.6 Å². The van der Waals surface area contributed by atoms with E-state index in [0.29, 0.717) is 15.8 Å². The molecule has 1 aromatic carbocycles. The SMILES string of the molecule is C=C/C(=N\C=C(/N)NC(=O)c1ccccc1)n1nc(-c2cccnc2)cc1C(F)(F)F. The van der Waals surface area contributed by atoms with Gasteiger partial charge in [0.2, 0.25) is 0 Å². The molecule has 0 unspecified atom stereocenters. The summed E-state index contributed by atoms with van der Waals surface area (Å²) in [5, 5.41) is 6.40. The van der Waals surface area contributed by atoms with Gasteiger partial charge in [0.25, 0.3) is 5.91 Å². The number of allylic oxidation sites excluding steroid dienone is 1. The molecule has 0 aliphatic heterocycles. The summed E-state index contributed by atoms with van der Waals surface area (Å²) in [6.07, 6.45) is 0.309. The van der Waals surface area contributed by atoms with Crippen LogP contribution in [0.1, 0.15) is 16.1 Å². The lowest BCUT2D eigenvalue weighted by Gasteiger charge is -2.09. The summed E-state index contributed by atoms with van der Waals surface area (Å²) in [5.41, 5.74) is 5.51. The second-order valence-corrected chi connectivity index (χ2v) is 6.16. The molecule has 3 N–H and O–H groups in total. The highest BCUT2D eigenvalue weighted by Crippen LogP contribution is 2.32. The molecule has 0 aliphatic rings. The number of nitrogens with zero attached hydrogens (tertiary/aromatic N) is 4. The van der Waals surface area contributed by atoms with Crippen LogP contribution in [-0.2, 0) is 6.18 Å². The molecular weight excluding hydrogens is 409 g/mol. The number of alkyl halides is 3. The Balaban J connectivity index is 1.92. The minimum absolute atomic E-state index is 0.0595. The number of halogens is 3. The number of amides is 1. The Bertz CT molecular complexity index is 1130. The average Bonchev–Trinajstić information content (AvgIpc) is 3.21. The summed E-state index contributed by atoms with van der Waals surface area (Å²) in [5.74, 6) is -0.889. The van der Waals surface area contributed by atoms with E-state index in [1.807, 2.05) is 0 Å². The molecule has 158 valence electrons. The van der Waals surface area contributed by atoms with Gasteiger partial charge < -0.3 is 11.1 Å². The Labute approximate surface area is 175 Å². The minimum Gasteiger partial charge on any atom is -0.384 e. The van der Waals surface area contributed by atoms with Crippen molar-refractivity contribution in [2.45, 2.75) is 6.18 Å². The lowest BCUT2D eigenvalue weighted by molar-refractivity contribution is -0.142. The highest BCUT2D eigenvalue weighted by molar-refractivity contribution is 5.96. The number of pyridine rings is 1. The van der Waals surface area contributed by atoms with Crippen LogP contribution in [0.2, 0.25) is 0 Å². The molecule has 3 aromatic rings. The summed E-state index contributed by atoms with van der Waals surface area (Å²) in [7, 11) is 0. The second kappa shape index (κ2) is 9.08. The standard InChI is InChI=1S/C21H17F3N6O/c1-2-19(27-13-18(25)28-20(31)14-7-4-3-5-8-14)30-17(21(22,23)24)11-16(29-30)15-9-6-10-26-12-15/h2-13H,1,25H2,(H,28,31)/b18-13+,27-19+. The van der Waals surface area contributed by atoms with Crippen molar-refractivity contribution in [3.8, 4) is 11.3 Å². The first-order valence-electron chi connectivity index (χ1n) is 8.90. The molecule has 10 heteroatoms. The average molecular weight is 426 g/mol. The maximum Gasteiger partial charge on any atom is 0.433 e. The lowest BCUT2D eigenvalue weighted by atomic mass is 10.2. The normalized spacial score (nSPS) is 12.5. The molecule has 0 saturated heterocycles. The number of carbonyl (C=O) groups is 1. The fourth-order valence-corrected chi connectivity index (χ4v) is 2.57. The summed E-state index contributed by atoms with van der Waals surface area (Å²) < 4.78 is 41.3. The van der Waals surface area contributed by atoms with Gasteiger partial charge in [-0.05, 0) is 36.4 Å². The first kappa shape index (κ1) is 21.5. The molecular formula is C21H17F3N6O. The van der Waals surface area contributed by atoms with Crippen LogP contribution >= 0.6 is 0 Å². The number of hydrogen-bond acceptors (Lipinski definition) is 5. The first-order chi connectivity index (χ1) is 14.8. The Morgan fingerprint density at radius 3 is 2.55 bits per heavy atom. The molecule has 0 spiro atoms. The van der Waals surface area contributed by atoms with Crippen LogP contribution < -0.4 is 11.1 Å². The fraction of sp³-hybridized carbons (Fsp3) is 0.0476. The van der Waals surface area contributed by atoms with Gasteiger partial charge >= 0.3 is 6.18 Å². The van der Waals surface area contributed by atoms with Gasteiger partial charge in [0.15, 0.2) is 11.5 Å². The van der Waals surface area contributed by atoms with Crippen molar-refractivity contribution in [2.24, 2.45) is 10.7 Å². The van der Waals surface area contributed by atoms with E-state index in [0.717, 1.165) is 18.3 Å². The summed E-state index contributed by atoms with van der Waals surface area (Å²) in [6, 6.07) is 12.3. The van der Waals surface area contributed by atoms with Crippen molar-refractivity contribution in [3.05, 3.63) is 96.9 Å². The zero-order valence-electron chi connectivity index (χ0n) is 16.0. The molecule has 31 heavy (non-hydrogen) atoms. The van der Waals surface area contributed by atoms with Crippen LogP contribution in [0.25, 0.3) is 11.3 Å². The largest absolute Gasteiger partial charge is 0.433 e. The number of carbonyl (C=O) groups excluding carboxylic acids is 1. The molecule has 3 rings (SSSR count). The number of benzene rings is 1. The Morgan fingerprint density at radius 2 is 1.94 bits per heavy atom. The third kappa shape index (κ3) is 5.24. The molecule has 0 aliphatic carbocycles. The molecule has 2 heterocycles. The van der Waals surface area contributed by atoms with Gasteiger partial charge in [-0.25, -0.2) is 9.67 Å². The lowest BCUT2D eigenvalue weighted by Crippen LogP contribution is -2.27. The Hall–Kier alpha value is -4.21. The van der Waals surface area contributed by atoms with Gasteiger partial charge in [0.05, 0.1) is 11.9 Å². The number of aliphatic imine (C=N–C) groups is 1. The molecule has 0 bridgehead atoms. The molecule has 0 atom stereocenters. The maximum atomic E-state index is 13.6. The molecule has 7 nitrogen and oxygen atoms in total. The predicted molar refractivity (Wildman–Crippen MR) is 110 cm³/mol. The number of nitrogens with one attached hydrogen (secondary N) is 1. The van der Waals surface area contributed by atoms with Crippen molar-refractivity contribution in [1.82, 2.24) is 20.1 Å². The molecule has 2 aromatic heterocycles. The Morgan fingerprint density at radius 1 is 1.19 bits per heavy atom. The van der Waals surface area contributed by atoms with E-state index in [1.165, 1.54) is 12.4 Å². The minimum atomic E-state index is -4.70. The van der Waals surface area contributed by atoms with Crippen LogP contribution in [0.3, 0.4) is 0 Å². The summed E-state index contributed by atoms with van der Waals surface area (Å²) in [4.78, 5) is 19.9. The number of nitrogens with two attached hydrogens (primary N) is 1. The van der Waals surface area contributed by atoms with Crippen molar-refractivity contribution < 1.29 is 18.0 Å². The smallest absolute Gasteiger partial charge is 0.384 e. The van der Waals surface area contributed by atoms with E-state index in [-0.39, 0.29) is 17.4 Å². The van der Waals surface area contributed by atoms with E-state index in [1.54, 1.807) is 42.5 Å². The molecule has 0 saturated carbocycles. The number of aromatic nitrogens is 3. The van der Waals surface area contributed by atoms with Gasteiger partial charge in [-0.3, -0.25) is 9.78 Å². The van der Waals surface area contributed by atoms with Gasteiger partial charge in [0, 0.05) is 23.5 Å². The third-order valence-corrected chi connectivity index (χ3v) is 3.99. The van der Waals surface area contributed by atoms with Gasteiger partial charge in [-0.1, -0.05) is 24.8 Å². The first-order valence-corrected chi connectivity index (χ1v) is 8.90. The highest BCUT2D eigenvalue weighted by atomic mass is 19.4. The van der Waals surface area contributed by atoms with Crippen molar-refractivity contribution >= 4 is 11.7 Å². The summed E-state index contributed by atoms with van der Waals surface area (Å²) in [6.45, 7) is 3.50. The zero-order chi connectivity index (χ0) is 22.4. The van der Waals surface area contributed by atoms with Crippen LogP contribution in [0.5, 0.6) is 0 Å². The monoisotopic (exact) mass is 426 g/mol. The van der Waals surface area contributed by atoms with E-state index >= 15 is 0 Å². The van der Waals surface area contributed by atoms with E-state index in [9.17, 15) is 18.0 Å².